The van der Waals surface area contributed by atoms with Crippen LogP contribution in [0.5, 0.6) is 5.75 Å². The fourth-order valence-corrected chi connectivity index (χ4v) is 5.39. The first-order valence-corrected chi connectivity index (χ1v) is 11.2. The summed E-state index contributed by atoms with van der Waals surface area (Å²) in [5.74, 6) is 0.444. The highest BCUT2D eigenvalue weighted by Crippen LogP contribution is 2.39. The summed E-state index contributed by atoms with van der Waals surface area (Å²) in [7, 11) is 5.13. The minimum absolute atomic E-state index is 0.0742. The minimum Gasteiger partial charge on any atom is -0.497 e. The smallest absolute Gasteiger partial charge is 0.328 e. The van der Waals surface area contributed by atoms with Crippen LogP contribution in [0, 0.1) is 0 Å². The van der Waals surface area contributed by atoms with Crippen LogP contribution in [0.1, 0.15) is 42.5 Å². The summed E-state index contributed by atoms with van der Waals surface area (Å²) < 4.78 is 8.52. The number of anilines is 1. The largest absolute Gasteiger partial charge is 0.497 e. The van der Waals surface area contributed by atoms with Gasteiger partial charge in [-0.15, -0.1) is 11.8 Å². The lowest BCUT2D eigenvalue weighted by Crippen LogP contribution is -2.19. The molecule has 158 valence electrons. The zero-order chi connectivity index (χ0) is 21.3. The molecule has 0 saturated heterocycles. The molecule has 2 aromatic carbocycles. The molecule has 0 aliphatic heterocycles. The van der Waals surface area contributed by atoms with Gasteiger partial charge in [-0.2, -0.15) is 0 Å². The van der Waals surface area contributed by atoms with Gasteiger partial charge in [0, 0.05) is 29.8 Å². The molecule has 1 aliphatic rings. The third-order valence-corrected chi connectivity index (χ3v) is 7.20. The monoisotopic (exact) mass is 425 g/mol. The van der Waals surface area contributed by atoms with Crippen molar-refractivity contribution in [2.75, 3.05) is 12.4 Å². The average molecular weight is 426 g/mol. The Kier molecular flexibility index (Phi) is 5.90. The molecule has 1 fully saturated rings. The molecule has 1 aromatic heterocycles. The standard InChI is InChI=1S/C23H27N3O3S/c1-25-19-13-18(24-22(27)15-8-7-9-16(12-15)29-3)21(14-20(19)26(2)23(25)28)30-17-10-5-4-6-11-17/h7-9,12-14,17H,4-6,10-11H2,1-3H3,(H,24,27). The van der Waals surface area contributed by atoms with Gasteiger partial charge in [-0.3, -0.25) is 13.9 Å². The Morgan fingerprint density at radius 1 is 1.07 bits per heavy atom. The second-order valence-corrected chi connectivity index (χ2v) is 9.14. The lowest BCUT2D eigenvalue weighted by Gasteiger charge is -2.22. The topological polar surface area (TPSA) is 65.3 Å². The molecule has 3 aromatic rings. The predicted octanol–water partition coefficient (Wildman–Crippen LogP) is 4.56. The number of aryl methyl sites for hydroxylation is 2. The summed E-state index contributed by atoms with van der Waals surface area (Å²) in [5.41, 5.74) is 2.88. The van der Waals surface area contributed by atoms with Gasteiger partial charge in [0.1, 0.15) is 5.75 Å². The molecule has 4 rings (SSSR count). The fraction of sp³-hybridized carbons (Fsp3) is 0.391. The van der Waals surface area contributed by atoms with Crippen molar-refractivity contribution in [3.05, 3.63) is 52.4 Å². The van der Waals surface area contributed by atoms with E-state index in [9.17, 15) is 9.59 Å². The second-order valence-electron chi connectivity index (χ2n) is 7.80. The molecule has 1 N–H and O–H groups in total. The van der Waals surface area contributed by atoms with Gasteiger partial charge < -0.3 is 10.1 Å². The summed E-state index contributed by atoms with van der Waals surface area (Å²) >= 11 is 1.81. The minimum atomic E-state index is -0.195. The Morgan fingerprint density at radius 3 is 2.47 bits per heavy atom. The van der Waals surface area contributed by atoms with Crippen LogP contribution in [0.2, 0.25) is 0 Å². The maximum absolute atomic E-state index is 13.0. The van der Waals surface area contributed by atoms with Crippen molar-refractivity contribution in [3.8, 4) is 5.75 Å². The summed E-state index contributed by atoms with van der Waals surface area (Å²) in [6.45, 7) is 0. The predicted molar refractivity (Wildman–Crippen MR) is 122 cm³/mol. The molecule has 1 aliphatic carbocycles. The average Bonchev–Trinajstić information content (AvgIpc) is 2.98. The van der Waals surface area contributed by atoms with Crippen molar-refractivity contribution in [1.29, 1.82) is 0 Å². The third kappa shape index (κ3) is 3.99. The van der Waals surface area contributed by atoms with Gasteiger partial charge >= 0.3 is 5.69 Å². The van der Waals surface area contributed by atoms with E-state index in [-0.39, 0.29) is 11.6 Å². The molecule has 30 heavy (non-hydrogen) atoms. The Labute approximate surface area is 180 Å². The van der Waals surface area contributed by atoms with Gasteiger partial charge in [0.25, 0.3) is 5.91 Å². The number of thioether (sulfide) groups is 1. The number of imidazole rings is 1. The molecule has 0 bridgehead atoms. The number of rotatable bonds is 5. The first-order valence-electron chi connectivity index (χ1n) is 10.3. The summed E-state index contributed by atoms with van der Waals surface area (Å²) in [6.07, 6.45) is 6.15. The third-order valence-electron chi connectivity index (χ3n) is 5.80. The van der Waals surface area contributed by atoms with Crippen LogP contribution < -0.4 is 15.7 Å². The van der Waals surface area contributed by atoms with E-state index in [1.54, 1.807) is 48.5 Å². The van der Waals surface area contributed by atoms with Gasteiger partial charge in [0.15, 0.2) is 0 Å². The van der Waals surface area contributed by atoms with Crippen molar-refractivity contribution in [3.63, 3.8) is 0 Å². The highest BCUT2D eigenvalue weighted by atomic mass is 32.2. The second kappa shape index (κ2) is 8.60. The molecule has 0 spiro atoms. The molecule has 1 heterocycles. The van der Waals surface area contributed by atoms with Gasteiger partial charge in [-0.1, -0.05) is 25.3 Å². The lowest BCUT2D eigenvalue weighted by molar-refractivity contribution is 0.102. The van der Waals surface area contributed by atoms with Crippen LogP contribution in [-0.4, -0.2) is 27.4 Å². The first-order chi connectivity index (χ1) is 14.5. The Balaban J connectivity index is 1.73. The highest BCUT2D eigenvalue weighted by molar-refractivity contribution is 8.00. The van der Waals surface area contributed by atoms with Crippen molar-refractivity contribution in [1.82, 2.24) is 9.13 Å². The molecule has 1 amide bonds. The van der Waals surface area contributed by atoms with Crippen molar-refractivity contribution < 1.29 is 9.53 Å². The molecule has 0 unspecified atom stereocenters. The Morgan fingerprint density at radius 2 is 1.77 bits per heavy atom. The van der Waals surface area contributed by atoms with E-state index in [1.165, 1.54) is 32.1 Å². The van der Waals surface area contributed by atoms with Gasteiger partial charge in [0.2, 0.25) is 0 Å². The molecule has 0 radical (unpaired) electrons. The number of amides is 1. The molecule has 7 heteroatoms. The number of benzene rings is 2. The van der Waals surface area contributed by atoms with Crippen molar-refractivity contribution in [2.45, 2.75) is 42.2 Å². The fourth-order valence-electron chi connectivity index (χ4n) is 4.04. The maximum atomic E-state index is 13.0. The number of ether oxygens (including phenoxy) is 1. The number of nitrogens with one attached hydrogen (secondary N) is 1. The zero-order valence-corrected chi connectivity index (χ0v) is 18.4. The summed E-state index contributed by atoms with van der Waals surface area (Å²) in [4.78, 5) is 26.4. The van der Waals surface area contributed by atoms with E-state index in [2.05, 4.69) is 5.32 Å². The maximum Gasteiger partial charge on any atom is 0.328 e. The van der Waals surface area contributed by atoms with Crippen molar-refractivity contribution >= 4 is 34.4 Å². The van der Waals surface area contributed by atoms with E-state index >= 15 is 0 Å². The van der Waals surface area contributed by atoms with Crippen LogP contribution in [-0.2, 0) is 14.1 Å². The molecular formula is C23H27N3O3S. The van der Waals surface area contributed by atoms with E-state index < -0.39 is 0 Å². The lowest BCUT2D eigenvalue weighted by atomic mass is 10.0. The molecular weight excluding hydrogens is 398 g/mol. The number of hydrogen-bond acceptors (Lipinski definition) is 4. The van der Waals surface area contributed by atoms with Gasteiger partial charge in [-0.05, 0) is 43.2 Å². The Hall–Kier alpha value is -2.67. The SMILES string of the molecule is COc1cccc(C(=O)Nc2cc3c(cc2SC2CCCCC2)n(C)c(=O)n3C)c1. The quantitative estimate of drug-likeness (QED) is 0.651. The molecule has 0 atom stereocenters. The van der Waals surface area contributed by atoms with Gasteiger partial charge in [0.05, 0.1) is 23.8 Å². The van der Waals surface area contributed by atoms with Gasteiger partial charge in [-0.25, -0.2) is 4.79 Å². The first kappa shape index (κ1) is 20.6. The van der Waals surface area contributed by atoms with Crippen molar-refractivity contribution in [2.24, 2.45) is 14.1 Å². The number of carbonyl (C=O) groups excluding carboxylic acids is 1. The summed E-state index contributed by atoms with van der Waals surface area (Å²) in [6, 6.07) is 11.1. The van der Waals surface area contributed by atoms with E-state index in [0.29, 0.717) is 16.6 Å². The summed E-state index contributed by atoms with van der Waals surface area (Å²) in [5, 5.41) is 3.61. The normalized spacial score (nSPS) is 14.8. The number of fused-ring (bicyclic) bond motifs is 1. The zero-order valence-electron chi connectivity index (χ0n) is 17.6. The molecule has 6 nitrogen and oxygen atoms in total. The highest BCUT2D eigenvalue weighted by Gasteiger charge is 2.20. The van der Waals surface area contributed by atoms with Crippen LogP contribution in [0.4, 0.5) is 5.69 Å². The Bertz CT molecular complexity index is 1140. The number of methoxy groups -OCH3 is 1. The van der Waals surface area contributed by atoms with Crippen LogP contribution in [0.3, 0.4) is 0 Å². The number of nitrogens with zero attached hydrogens (tertiary/aromatic N) is 2. The number of aromatic nitrogens is 2. The van der Waals surface area contributed by atoms with E-state index in [0.717, 1.165) is 21.6 Å². The van der Waals surface area contributed by atoms with E-state index in [4.69, 9.17) is 4.74 Å². The number of carbonyl (C=O) groups is 1. The van der Waals surface area contributed by atoms with E-state index in [1.807, 2.05) is 30.0 Å². The molecule has 1 saturated carbocycles. The number of hydrogen-bond donors (Lipinski definition) is 1. The van der Waals surface area contributed by atoms with Crippen LogP contribution in [0.15, 0.2) is 46.1 Å². The van der Waals surface area contributed by atoms with Crippen LogP contribution >= 0.6 is 11.8 Å². The van der Waals surface area contributed by atoms with Crippen LogP contribution in [0.25, 0.3) is 11.0 Å².